The van der Waals surface area contributed by atoms with E-state index in [4.69, 9.17) is 10.5 Å². The van der Waals surface area contributed by atoms with Gasteiger partial charge in [-0.15, -0.1) is 12.4 Å². The smallest absolute Gasteiger partial charge is 0.130 e. The molecule has 0 saturated heterocycles. The predicted molar refractivity (Wildman–Crippen MR) is 87.1 cm³/mol. The second-order valence-electron chi connectivity index (χ2n) is 4.80. The number of rotatable bonds is 5. The van der Waals surface area contributed by atoms with Gasteiger partial charge in [-0.2, -0.15) is 0 Å². The molecule has 2 nitrogen and oxygen atoms in total. The van der Waals surface area contributed by atoms with Crippen molar-refractivity contribution < 1.29 is 4.74 Å². The van der Waals surface area contributed by atoms with Gasteiger partial charge in [0.25, 0.3) is 0 Å². The summed E-state index contributed by atoms with van der Waals surface area (Å²) >= 11 is 0. The quantitative estimate of drug-likeness (QED) is 0.885. The molecule has 0 aliphatic carbocycles. The van der Waals surface area contributed by atoms with E-state index in [9.17, 15) is 0 Å². The van der Waals surface area contributed by atoms with E-state index in [0.29, 0.717) is 0 Å². The van der Waals surface area contributed by atoms with Crippen LogP contribution < -0.4 is 10.5 Å². The fourth-order valence-corrected chi connectivity index (χ4v) is 2.12. The Hall–Kier alpha value is -1.51. The molecule has 2 rings (SSSR count). The lowest BCUT2D eigenvalue weighted by Crippen LogP contribution is -2.02. The molecule has 0 radical (unpaired) electrons. The van der Waals surface area contributed by atoms with Crippen molar-refractivity contribution in [2.24, 2.45) is 5.73 Å². The number of halogens is 1. The van der Waals surface area contributed by atoms with Gasteiger partial charge in [0, 0.05) is 0 Å². The molecule has 2 aromatic carbocycles. The monoisotopic (exact) mass is 291 g/mol. The zero-order valence-corrected chi connectivity index (χ0v) is 12.9. The van der Waals surface area contributed by atoms with Gasteiger partial charge in [0.15, 0.2) is 0 Å². The minimum absolute atomic E-state index is 0. The zero-order chi connectivity index (χ0) is 13.7. The minimum Gasteiger partial charge on any atom is -0.457 e. The molecule has 2 N–H and O–H groups in total. The third kappa shape index (κ3) is 3.99. The molecule has 0 aromatic heterocycles. The molecule has 0 spiro atoms. The van der Waals surface area contributed by atoms with Gasteiger partial charge < -0.3 is 10.5 Å². The molecule has 2 aromatic rings. The highest BCUT2D eigenvalue weighted by atomic mass is 35.5. The number of benzene rings is 2. The molecular weight excluding hydrogens is 270 g/mol. The molecule has 0 aliphatic rings. The number of hydrogen-bond donors (Lipinski definition) is 1. The summed E-state index contributed by atoms with van der Waals surface area (Å²) in [7, 11) is 0. The number of nitrogens with two attached hydrogens (primary N) is 1. The summed E-state index contributed by atoms with van der Waals surface area (Å²) in [5.74, 6) is 1.85. The van der Waals surface area contributed by atoms with Crippen LogP contribution in [0.4, 0.5) is 0 Å². The maximum atomic E-state index is 6.03. The van der Waals surface area contributed by atoms with E-state index in [2.05, 4.69) is 26.0 Å². The van der Waals surface area contributed by atoms with E-state index in [-0.39, 0.29) is 12.4 Å². The lowest BCUT2D eigenvalue weighted by Gasteiger charge is -2.13. The molecule has 0 heterocycles. The molecule has 0 fully saturated rings. The first-order valence-electron chi connectivity index (χ1n) is 6.74. The van der Waals surface area contributed by atoms with Crippen LogP contribution in [0.25, 0.3) is 0 Å². The first kappa shape index (κ1) is 16.5. The highest BCUT2D eigenvalue weighted by molar-refractivity contribution is 5.85. The van der Waals surface area contributed by atoms with Gasteiger partial charge in [0.05, 0.1) is 0 Å². The molecular formula is C17H22ClNO. The lowest BCUT2D eigenvalue weighted by molar-refractivity contribution is 0.474. The Morgan fingerprint density at radius 2 is 1.65 bits per heavy atom. The van der Waals surface area contributed by atoms with E-state index in [0.717, 1.165) is 36.4 Å². The Kier molecular flexibility index (Phi) is 6.56. The largest absolute Gasteiger partial charge is 0.457 e. The van der Waals surface area contributed by atoms with E-state index in [1.165, 1.54) is 11.1 Å². The Labute approximate surface area is 127 Å². The molecule has 20 heavy (non-hydrogen) atoms. The Morgan fingerprint density at radius 1 is 0.950 bits per heavy atom. The summed E-state index contributed by atoms with van der Waals surface area (Å²) in [6.45, 7) is 4.89. The average molecular weight is 292 g/mol. The zero-order valence-electron chi connectivity index (χ0n) is 12.1. The van der Waals surface area contributed by atoms with Crippen LogP contribution in [-0.4, -0.2) is 6.54 Å². The first-order valence-corrected chi connectivity index (χ1v) is 6.74. The lowest BCUT2D eigenvalue weighted by atomic mass is 10.0. The van der Waals surface area contributed by atoms with Crippen molar-refractivity contribution in [3.63, 3.8) is 0 Å². The normalized spacial score (nSPS) is 9.95. The SMILES string of the molecule is Cc1ccccc1Oc1cccc(CCCN)c1C.Cl. The van der Waals surface area contributed by atoms with Crippen LogP contribution in [0.1, 0.15) is 23.1 Å². The standard InChI is InChI=1S/C17H21NO.ClH/c1-13-7-3-4-10-16(13)19-17-11-5-8-15(14(17)2)9-6-12-18;/h3-5,7-8,10-11H,6,9,12,18H2,1-2H3;1H. The van der Waals surface area contributed by atoms with Gasteiger partial charge in [-0.05, 0) is 62.1 Å². The summed E-state index contributed by atoms with van der Waals surface area (Å²) in [6, 6.07) is 14.3. The topological polar surface area (TPSA) is 35.2 Å². The van der Waals surface area contributed by atoms with Crippen LogP contribution in [0.5, 0.6) is 11.5 Å². The average Bonchev–Trinajstić information content (AvgIpc) is 2.42. The van der Waals surface area contributed by atoms with Crippen molar-refractivity contribution in [1.29, 1.82) is 0 Å². The molecule has 3 heteroatoms. The molecule has 0 atom stereocenters. The van der Waals surface area contributed by atoms with Crippen molar-refractivity contribution in [3.05, 3.63) is 59.2 Å². The molecule has 108 valence electrons. The predicted octanol–water partition coefficient (Wildman–Crippen LogP) is 4.41. The summed E-state index contributed by atoms with van der Waals surface area (Å²) < 4.78 is 6.03. The van der Waals surface area contributed by atoms with Crippen LogP contribution in [0.2, 0.25) is 0 Å². The van der Waals surface area contributed by atoms with Crippen LogP contribution >= 0.6 is 12.4 Å². The van der Waals surface area contributed by atoms with E-state index < -0.39 is 0 Å². The minimum atomic E-state index is 0. The van der Waals surface area contributed by atoms with Crippen LogP contribution in [0.15, 0.2) is 42.5 Å². The van der Waals surface area contributed by atoms with Crippen molar-refractivity contribution >= 4 is 12.4 Å². The summed E-state index contributed by atoms with van der Waals surface area (Å²) in [5.41, 5.74) is 9.25. The van der Waals surface area contributed by atoms with Gasteiger partial charge >= 0.3 is 0 Å². The van der Waals surface area contributed by atoms with Crippen LogP contribution in [-0.2, 0) is 6.42 Å². The summed E-state index contributed by atoms with van der Waals surface area (Å²) in [6.07, 6.45) is 2.02. The molecule has 0 aliphatic heterocycles. The number of para-hydroxylation sites is 1. The van der Waals surface area contributed by atoms with Gasteiger partial charge in [0.2, 0.25) is 0 Å². The highest BCUT2D eigenvalue weighted by Gasteiger charge is 2.07. The summed E-state index contributed by atoms with van der Waals surface area (Å²) in [4.78, 5) is 0. The third-order valence-corrected chi connectivity index (χ3v) is 3.36. The van der Waals surface area contributed by atoms with Crippen molar-refractivity contribution in [2.75, 3.05) is 6.54 Å². The number of hydrogen-bond acceptors (Lipinski definition) is 2. The van der Waals surface area contributed by atoms with Gasteiger partial charge in [0.1, 0.15) is 11.5 Å². The molecule has 0 saturated carbocycles. The van der Waals surface area contributed by atoms with Gasteiger partial charge in [-0.25, -0.2) is 0 Å². The third-order valence-electron chi connectivity index (χ3n) is 3.36. The van der Waals surface area contributed by atoms with Crippen molar-refractivity contribution in [3.8, 4) is 11.5 Å². The summed E-state index contributed by atoms with van der Waals surface area (Å²) in [5, 5.41) is 0. The maximum absolute atomic E-state index is 6.03. The first-order chi connectivity index (χ1) is 9.22. The van der Waals surface area contributed by atoms with Gasteiger partial charge in [-0.3, -0.25) is 0 Å². The maximum Gasteiger partial charge on any atom is 0.130 e. The fourth-order valence-electron chi connectivity index (χ4n) is 2.12. The number of aryl methyl sites for hydroxylation is 2. The number of ether oxygens (including phenoxy) is 1. The Bertz CT molecular complexity index is 554. The van der Waals surface area contributed by atoms with Crippen LogP contribution in [0.3, 0.4) is 0 Å². The Balaban J connectivity index is 0.00000200. The van der Waals surface area contributed by atoms with E-state index in [1.54, 1.807) is 0 Å². The van der Waals surface area contributed by atoms with Gasteiger partial charge in [-0.1, -0.05) is 30.3 Å². The second kappa shape index (κ2) is 7.93. The van der Waals surface area contributed by atoms with Crippen molar-refractivity contribution in [1.82, 2.24) is 0 Å². The molecule has 0 unspecified atom stereocenters. The van der Waals surface area contributed by atoms with E-state index >= 15 is 0 Å². The second-order valence-corrected chi connectivity index (χ2v) is 4.80. The molecule has 0 bridgehead atoms. The Morgan fingerprint density at radius 3 is 2.35 bits per heavy atom. The highest BCUT2D eigenvalue weighted by Crippen LogP contribution is 2.29. The van der Waals surface area contributed by atoms with Crippen LogP contribution in [0, 0.1) is 13.8 Å². The molecule has 0 amide bonds. The van der Waals surface area contributed by atoms with Crippen molar-refractivity contribution in [2.45, 2.75) is 26.7 Å². The van der Waals surface area contributed by atoms with E-state index in [1.807, 2.05) is 30.3 Å². The fraction of sp³-hybridized carbons (Fsp3) is 0.294.